The molecule has 0 saturated carbocycles. The van der Waals surface area contributed by atoms with Crippen LogP contribution in [0.25, 0.3) is 0 Å². The summed E-state index contributed by atoms with van der Waals surface area (Å²) < 4.78 is 7.23. The number of hydrogen-bond acceptors (Lipinski definition) is 4. The molecule has 0 spiro atoms. The van der Waals surface area contributed by atoms with Gasteiger partial charge in [-0.2, -0.15) is 0 Å². The van der Waals surface area contributed by atoms with E-state index in [1.54, 1.807) is 35.0 Å². The van der Waals surface area contributed by atoms with Crippen molar-refractivity contribution in [3.63, 3.8) is 0 Å². The third-order valence-corrected chi connectivity index (χ3v) is 4.51. The van der Waals surface area contributed by atoms with E-state index in [0.29, 0.717) is 24.6 Å². The van der Waals surface area contributed by atoms with E-state index in [-0.39, 0.29) is 23.6 Å². The molecule has 3 rings (SSSR count). The van der Waals surface area contributed by atoms with E-state index in [1.165, 1.54) is 6.07 Å². The fourth-order valence-electron chi connectivity index (χ4n) is 3.23. The Morgan fingerprint density at radius 2 is 2.17 bits per heavy atom. The molecule has 1 amide bonds. The second-order valence-electron chi connectivity index (χ2n) is 6.35. The van der Waals surface area contributed by atoms with Crippen LogP contribution in [0.4, 0.5) is 0 Å². The summed E-state index contributed by atoms with van der Waals surface area (Å²) in [6.45, 7) is 2.95. The minimum atomic E-state index is -0.122. The molecular weight excluding hydrogens is 306 g/mol. The maximum atomic E-state index is 12.8. The van der Waals surface area contributed by atoms with Gasteiger partial charge in [0.05, 0.1) is 6.54 Å². The van der Waals surface area contributed by atoms with Gasteiger partial charge in [-0.1, -0.05) is 6.07 Å². The highest BCUT2D eigenvalue weighted by Gasteiger charge is 2.31. The van der Waals surface area contributed by atoms with Crippen molar-refractivity contribution in [3.05, 3.63) is 58.4 Å². The first kappa shape index (κ1) is 16.5. The fraction of sp³-hybridized carbons (Fsp3) is 0.444. The van der Waals surface area contributed by atoms with Crippen molar-refractivity contribution in [2.45, 2.75) is 44.8 Å². The molecule has 24 heavy (non-hydrogen) atoms. The van der Waals surface area contributed by atoms with E-state index in [9.17, 15) is 9.59 Å². The van der Waals surface area contributed by atoms with Crippen LogP contribution in [-0.2, 0) is 6.54 Å². The summed E-state index contributed by atoms with van der Waals surface area (Å²) >= 11 is 0. The number of rotatable bonds is 4. The van der Waals surface area contributed by atoms with E-state index in [0.717, 1.165) is 19.3 Å². The molecule has 1 saturated heterocycles. The van der Waals surface area contributed by atoms with Crippen LogP contribution in [0.3, 0.4) is 0 Å². The zero-order valence-electron chi connectivity index (χ0n) is 13.9. The summed E-state index contributed by atoms with van der Waals surface area (Å²) in [7, 11) is 0. The zero-order chi connectivity index (χ0) is 17.1. The summed E-state index contributed by atoms with van der Waals surface area (Å²) in [5, 5.41) is 0. The van der Waals surface area contributed by atoms with Crippen molar-refractivity contribution in [1.29, 1.82) is 0 Å². The maximum Gasteiger partial charge on any atom is 0.289 e. The molecule has 0 radical (unpaired) electrons. The Bertz CT molecular complexity index is 763. The van der Waals surface area contributed by atoms with Gasteiger partial charge in [-0.05, 0) is 44.4 Å². The summed E-state index contributed by atoms with van der Waals surface area (Å²) in [4.78, 5) is 26.3. The van der Waals surface area contributed by atoms with Crippen molar-refractivity contribution in [3.8, 4) is 0 Å². The van der Waals surface area contributed by atoms with Crippen LogP contribution in [0.2, 0.25) is 0 Å². The standard InChI is InChI=1S/C18H23N3O3/c1-13(19)15-6-2-5-11-21(15)18(23)16-9-8-14(24-16)12-20-10-4-3-7-17(20)22/h3-4,7-10,13,15H,2,5-6,11-12,19H2,1H3/t13-,15-/m0/s1. The zero-order valence-corrected chi connectivity index (χ0v) is 13.9. The van der Waals surface area contributed by atoms with Crippen LogP contribution in [-0.4, -0.2) is 34.0 Å². The molecule has 0 bridgehead atoms. The smallest absolute Gasteiger partial charge is 0.289 e. The molecule has 3 heterocycles. The molecule has 0 aromatic carbocycles. The predicted molar refractivity (Wildman–Crippen MR) is 90.8 cm³/mol. The number of hydrogen-bond donors (Lipinski definition) is 1. The number of aromatic nitrogens is 1. The maximum absolute atomic E-state index is 12.8. The molecule has 6 nitrogen and oxygen atoms in total. The van der Waals surface area contributed by atoms with Gasteiger partial charge in [-0.3, -0.25) is 9.59 Å². The molecule has 128 valence electrons. The van der Waals surface area contributed by atoms with Crippen molar-refractivity contribution in [2.24, 2.45) is 5.73 Å². The second kappa shape index (κ2) is 7.05. The number of nitrogens with two attached hydrogens (primary N) is 1. The van der Waals surface area contributed by atoms with Gasteiger partial charge in [0.2, 0.25) is 0 Å². The number of likely N-dealkylation sites (tertiary alicyclic amines) is 1. The lowest BCUT2D eigenvalue weighted by Gasteiger charge is -2.37. The topological polar surface area (TPSA) is 81.5 Å². The molecule has 2 aromatic heterocycles. The first-order chi connectivity index (χ1) is 11.6. The van der Waals surface area contributed by atoms with Crippen LogP contribution in [0.1, 0.15) is 42.5 Å². The van der Waals surface area contributed by atoms with Gasteiger partial charge in [0, 0.05) is 30.9 Å². The molecule has 1 aliphatic heterocycles. The van der Waals surface area contributed by atoms with Gasteiger partial charge in [-0.15, -0.1) is 0 Å². The summed E-state index contributed by atoms with van der Waals surface area (Å²) in [6.07, 6.45) is 4.71. The SMILES string of the molecule is C[C@H](N)[C@@H]1CCCCN1C(=O)c1ccc(Cn2ccccc2=O)o1. The lowest BCUT2D eigenvalue weighted by Crippen LogP contribution is -2.51. The Morgan fingerprint density at radius 1 is 1.33 bits per heavy atom. The summed E-state index contributed by atoms with van der Waals surface area (Å²) in [5.74, 6) is 0.770. The Balaban J connectivity index is 1.76. The Kier molecular flexibility index (Phi) is 4.85. The molecule has 2 atom stereocenters. The van der Waals surface area contributed by atoms with Gasteiger partial charge in [0.25, 0.3) is 11.5 Å². The average Bonchev–Trinajstić information content (AvgIpc) is 3.05. The van der Waals surface area contributed by atoms with E-state index in [1.807, 2.05) is 11.8 Å². The van der Waals surface area contributed by atoms with Gasteiger partial charge < -0.3 is 19.6 Å². The monoisotopic (exact) mass is 329 g/mol. The number of piperidine rings is 1. The van der Waals surface area contributed by atoms with Crippen LogP contribution < -0.4 is 11.3 Å². The van der Waals surface area contributed by atoms with Gasteiger partial charge in [0.1, 0.15) is 5.76 Å². The average molecular weight is 329 g/mol. The lowest BCUT2D eigenvalue weighted by atomic mass is 9.96. The Hall–Kier alpha value is -2.34. The largest absolute Gasteiger partial charge is 0.454 e. The number of pyridine rings is 1. The Morgan fingerprint density at radius 3 is 2.92 bits per heavy atom. The molecule has 6 heteroatoms. The van der Waals surface area contributed by atoms with Gasteiger partial charge in [-0.25, -0.2) is 0 Å². The molecule has 1 fully saturated rings. The van der Waals surface area contributed by atoms with Gasteiger partial charge in [0.15, 0.2) is 5.76 Å². The summed E-state index contributed by atoms with van der Waals surface area (Å²) in [6, 6.07) is 8.40. The number of furan rings is 1. The normalized spacial score (nSPS) is 19.2. The Labute approximate surface area is 140 Å². The highest BCUT2D eigenvalue weighted by molar-refractivity contribution is 5.91. The minimum Gasteiger partial charge on any atom is -0.454 e. The molecular formula is C18H23N3O3. The molecule has 0 aliphatic carbocycles. The predicted octanol–water partition coefficient (Wildman–Crippen LogP) is 1.83. The van der Waals surface area contributed by atoms with E-state index >= 15 is 0 Å². The molecule has 2 aromatic rings. The summed E-state index contributed by atoms with van der Waals surface area (Å²) in [5.41, 5.74) is 5.93. The highest BCUT2D eigenvalue weighted by atomic mass is 16.4. The van der Waals surface area contributed by atoms with E-state index in [4.69, 9.17) is 10.2 Å². The van der Waals surface area contributed by atoms with E-state index < -0.39 is 0 Å². The number of carbonyl (C=O) groups excluding carboxylic acids is 1. The van der Waals surface area contributed by atoms with Crippen molar-refractivity contribution >= 4 is 5.91 Å². The molecule has 2 N–H and O–H groups in total. The van der Waals surface area contributed by atoms with E-state index in [2.05, 4.69) is 0 Å². The third-order valence-electron chi connectivity index (χ3n) is 4.51. The first-order valence-corrected chi connectivity index (χ1v) is 8.37. The third kappa shape index (κ3) is 3.43. The van der Waals surface area contributed by atoms with Gasteiger partial charge >= 0.3 is 0 Å². The number of amides is 1. The second-order valence-corrected chi connectivity index (χ2v) is 6.35. The van der Waals surface area contributed by atoms with Crippen LogP contribution in [0, 0.1) is 0 Å². The van der Waals surface area contributed by atoms with Crippen molar-refractivity contribution < 1.29 is 9.21 Å². The molecule has 0 unspecified atom stereocenters. The van der Waals surface area contributed by atoms with Crippen LogP contribution in [0.5, 0.6) is 0 Å². The van der Waals surface area contributed by atoms with Crippen molar-refractivity contribution in [2.75, 3.05) is 6.54 Å². The highest BCUT2D eigenvalue weighted by Crippen LogP contribution is 2.22. The lowest BCUT2D eigenvalue weighted by molar-refractivity contribution is 0.0549. The van der Waals surface area contributed by atoms with Crippen LogP contribution in [0.15, 0.2) is 45.7 Å². The van der Waals surface area contributed by atoms with Crippen LogP contribution >= 0.6 is 0 Å². The van der Waals surface area contributed by atoms with Crippen molar-refractivity contribution in [1.82, 2.24) is 9.47 Å². The number of nitrogens with zero attached hydrogens (tertiary/aromatic N) is 2. The fourth-order valence-corrected chi connectivity index (χ4v) is 3.23. The molecule has 1 aliphatic rings. The minimum absolute atomic E-state index is 0.0524. The first-order valence-electron chi connectivity index (χ1n) is 8.37. The number of carbonyl (C=O) groups is 1. The quantitative estimate of drug-likeness (QED) is 0.928.